The van der Waals surface area contributed by atoms with Gasteiger partial charge in [-0.1, -0.05) is 61.7 Å². The predicted molar refractivity (Wildman–Crippen MR) is 143 cm³/mol. The summed E-state index contributed by atoms with van der Waals surface area (Å²) in [5.74, 6) is 0.625. The predicted octanol–water partition coefficient (Wildman–Crippen LogP) is 8.92. The highest BCUT2D eigenvalue weighted by Crippen LogP contribution is 2.41. The van der Waals surface area contributed by atoms with E-state index in [0.29, 0.717) is 17.2 Å². The van der Waals surface area contributed by atoms with E-state index in [9.17, 15) is 5.26 Å². The topological polar surface area (TPSA) is 33.1 Å². The zero-order chi connectivity index (χ0) is 23.8. The Morgan fingerprint density at radius 1 is 0.800 bits per heavy atom. The standard InChI is InChI=1S/C32H25N3/c1-34-29-14-8-11-25(21-33)32(29)24-16-18-31-28(20-24)27-19-23(22-9-4-2-5-10-22)15-17-30(27)35(31)26-12-6-3-7-13-26/h3,6-8,11-20,22H,2,4-5,9-10H2. The van der Waals surface area contributed by atoms with Gasteiger partial charge in [-0.2, -0.15) is 5.26 Å². The zero-order valence-electron chi connectivity index (χ0n) is 19.5. The molecular formula is C32H25N3. The minimum Gasteiger partial charge on any atom is -0.309 e. The van der Waals surface area contributed by atoms with Crippen molar-refractivity contribution in [2.24, 2.45) is 0 Å². The minimum atomic E-state index is 0.512. The van der Waals surface area contributed by atoms with Gasteiger partial charge in [-0.25, -0.2) is 4.85 Å². The van der Waals surface area contributed by atoms with E-state index in [0.717, 1.165) is 27.7 Å². The zero-order valence-corrected chi connectivity index (χ0v) is 19.5. The van der Waals surface area contributed by atoms with E-state index >= 15 is 0 Å². The Morgan fingerprint density at radius 3 is 2.29 bits per heavy atom. The van der Waals surface area contributed by atoms with Gasteiger partial charge in [0.25, 0.3) is 0 Å². The molecule has 0 atom stereocenters. The Balaban J connectivity index is 1.64. The van der Waals surface area contributed by atoms with Gasteiger partial charge in [0, 0.05) is 27.6 Å². The second-order valence-corrected chi connectivity index (χ2v) is 9.44. The molecule has 4 aromatic carbocycles. The van der Waals surface area contributed by atoms with Crippen LogP contribution in [-0.2, 0) is 0 Å². The van der Waals surface area contributed by atoms with Crippen LogP contribution in [0.25, 0.3) is 43.5 Å². The SMILES string of the molecule is [C-]#[N+]c1cccc(C#N)c1-c1ccc2c(c1)c1cc(C3CCCCC3)ccc1n2-c1ccccc1. The highest BCUT2D eigenvalue weighted by atomic mass is 15.0. The van der Waals surface area contributed by atoms with Crippen LogP contribution in [0.15, 0.2) is 84.9 Å². The molecule has 0 saturated heterocycles. The summed E-state index contributed by atoms with van der Waals surface area (Å²) in [4.78, 5) is 3.72. The third kappa shape index (κ3) is 3.58. The lowest BCUT2D eigenvalue weighted by Gasteiger charge is -2.22. The van der Waals surface area contributed by atoms with E-state index in [1.165, 1.54) is 48.6 Å². The van der Waals surface area contributed by atoms with Crippen LogP contribution in [0.2, 0.25) is 0 Å². The van der Waals surface area contributed by atoms with Crippen molar-refractivity contribution in [2.75, 3.05) is 0 Å². The molecule has 0 amide bonds. The lowest BCUT2D eigenvalue weighted by atomic mass is 9.83. The number of hydrogen-bond acceptors (Lipinski definition) is 1. The van der Waals surface area contributed by atoms with Crippen molar-refractivity contribution in [3.63, 3.8) is 0 Å². The van der Waals surface area contributed by atoms with E-state index in [4.69, 9.17) is 6.57 Å². The molecule has 0 aliphatic heterocycles. The molecule has 1 aliphatic carbocycles. The molecule has 1 fully saturated rings. The lowest BCUT2D eigenvalue weighted by Crippen LogP contribution is -2.04. The molecule has 6 rings (SSSR count). The van der Waals surface area contributed by atoms with Gasteiger partial charge in [0.05, 0.1) is 23.7 Å². The molecule has 3 nitrogen and oxygen atoms in total. The molecule has 1 aromatic heterocycles. The maximum absolute atomic E-state index is 9.76. The van der Waals surface area contributed by atoms with Crippen molar-refractivity contribution >= 4 is 27.5 Å². The summed E-state index contributed by atoms with van der Waals surface area (Å²) < 4.78 is 2.32. The van der Waals surface area contributed by atoms with Crippen molar-refractivity contribution in [3.05, 3.63) is 107 Å². The molecule has 1 saturated carbocycles. The van der Waals surface area contributed by atoms with Gasteiger partial charge in [0.1, 0.15) is 0 Å². The third-order valence-electron chi connectivity index (χ3n) is 7.45. The van der Waals surface area contributed by atoms with Crippen molar-refractivity contribution in [2.45, 2.75) is 38.0 Å². The average Bonchev–Trinajstić information content (AvgIpc) is 3.26. The number of nitrogens with zero attached hydrogens (tertiary/aromatic N) is 3. The van der Waals surface area contributed by atoms with Crippen LogP contribution in [-0.4, -0.2) is 4.57 Å². The van der Waals surface area contributed by atoms with E-state index in [1.54, 1.807) is 18.2 Å². The molecule has 0 bridgehead atoms. The molecule has 1 aliphatic rings. The Bertz CT molecular complexity index is 1610. The highest BCUT2D eigenvalue weighted by molar-refractivity contribution is 6.11. The smallest absolute Gasteiger partial charge is 0.196 e. The maximum Gasteiger partial charge on any atom is 0.196 e. The molecular weight excluding hydrogens is 426 g/mol. The quantitative estimate of drug-likeness (QED) is 0.252. The third-order valence-corrected chi connectivity index (χ3v) is 7.45. The summed E-state index contributed by atoms with van der Waals surface area (Å²) in [5, 5.41) is 12.1. The number of nitriles is 1. The molecule has 0 N–H and O–H groups in total. The average molecular weight is 452 g/mol. The number of aromatic nitrogens is 1. The summed E-state index contributed by atoms with van der Waals surface area (Å²) in [6.45, 7) is 7.67. The van der Waals surface area contributed by atoms with Gasteiger partial charge < -0.3 is 4.57 Å². The normalized spacial score (nSPS) is 14.1. The monoisotopic (exact) mass is 451 g/mol. The Kier molecular flexibility index (Phi) is 5.32. The van der Waals surface area contributed by atoms with Gasteiger partial charge in [0.15, 0.2) is 5.69 Å². The van der Waals surface area contributed by atoms with Crippen LogP contribution < -0.4 is 0 Å². The Hall–Kier alpha value is -4.34. The fourth-order valence-electron chi connectivity index (χ4n) is 5.77. The molecule has 0 radical (unpaired) electrons. The maximum atomic E-state index is 9.76. The van der Waals surface area contributed by atoms with Gasteiger partial charge in [-0.15, -0.1) is 0 Å². The fourth-order valence-corrected chi connectivity index (χ4v) is 5.77. The van der Waals surface area contributed by atoms with Crippen LogP contribution in [0.4, 0.5) is 5.69 Å². The van der Waals surface area contributed by atoms with E-state index in [1.807, 2.05) is 12.1 Å². The van der Waals surface area contributed by atoms with Gasteiger partial charge >= 0.3 is 0 Å². The second-order valence-electron chi connectivity index (χ2n) is 9.44. The molecule has 168 valence electrons. The number of hydrogen-bond donors (Lipinski definition) is 0. The van der Waals surface area contributed by atoms with Crippen molar-refractivity contribution in [1.82, 2.24) is 4.57 Å². The fraction of sp³-hybridized carbons (Fsp3) is 0.188. The summed E-state index contributed by atoms with van der Waals surface area (Å²) in [5.41, 5.74) is 7.55. The number of fused-ring (bicyclic) bond motifs is 3. The molecule has 3 heteroatoms. The van der Waals surface area contributed by atoms with Crippen LogP contribution in [0.5, 0.6) is 0 Å². The van der Waals surface area contributed by atoms with E-state index < -0.39 is 0 Å². The Labute approximate surface area is 205 Å². The summed E-state index contributed by atoms with van der Waals surface area (Å²) >= 11 is 0. The molecule has 0 unspecified atom stereocenters. The summed E-state index contributed by atoms with van der Waals surface area (Å²) in [6, 6.07) is 31.5. The van der Waals surface area contributed by atoms with Crippen LogP contribution in [0.1, 0.15) is 49.1 Å². The largest absolute Gasteiger partial charge is 0.309 e. The summed E-state index contributed by atoms with van der Waals surface area (Å²) in [7, 11) is 0. The number of para-hydroxylation sites is 1. The van der Waals surface area contributed by atoms with Crippen molar-refractivity contribution in [1.29, 1.82) is 5.26 Å². The van der Waals surface area contributed by atoms with Crippen LogP contribution >= 0.6 is 0 Å². The lowest BCUT2D eigenvalue weighted by molar-refractivity contribution is 0.444. The van der Waals surface area contributed by atoms with E-state index in [-0.39, 0.29) is 0 Å². The summed E-state index contributed by atoms with van der Waals surface area (Å²) in [6.07, 6.45) is 6.49. The first kappa shape index (κ1) is 21.2. The molecule has 0 spiro atoms. The second kappa shape index (κ2) is 8.79. The molecule has 35 heavy (non-hydrogen) atoms. The van der Waals surface area contributed by atoms with Crippen molar-refractivity contribution < 1.29 is 0 Å². The van der Waals surface area contributed by atoms with Gasteiger partial charge in [-0.3, -0.25) is 0 Å². The van der Waals surface area contributed by atoms with E-state index in [2.05, 4.69) is 70.1 Å². The molecule has 5 aromatic rings. The first-order valence-electron chi connectivity index (χ1n) is 12.3. The number of benzene rings is 4. The van der Waals surface area contributed by atoms with Gasteiger partial charge in [0.2, 0.25) is 0 Å². The minimum absolute atomic E-state index is 0.512. The highest BCUT2D eigenvalue weighted by Gasteiger charge is 2.20. The van der Waals surface area contributed by atoms with Gasteiger partial charge in [-0.05, 0) is 72.4 Å². The van der Waals surface area contributed by atoms with Crippen LogP contribution in [0.3, 0.4) is 0 Å². The Morgan fingerprint density at radius 2 is 1.54 bits per heavy atom. The molecule has 1 heterocycles. The van der Waals surface area contributed by atoms with Crippen molar-refractivity contribution in [3.8, 4) is 22.9 Å². The first-order valence-corrected chi connectivity index (χ1v) is 12.3. The first-order chi connectivity index (χ1) is 17.3. The number of rotatable bonds is 3. The van der Waals surface area contributed by atoms with Crippen LogP contribution in [0, 0.1) is 17.9 Å².